The van der Waals surface area contributed by atoms with Gasteiger partial charge in [0.2, 0.25) is 18.1 Å². The minimum atomic E-state index is -0.599. The van der Waals surface area contributed by atoms with Gasteiger partial charge in [0.15, 0.2) is 11.5 Å². The van der Waals surface area contributed by atoms with E-state index >= 15 is 0 Å². The normalized spacial score (nSPS) is 12.3. The summed E-state index contributed by atoms with van der Waals surface area (Å²) in [7, 11) is 0. The minimum Gasteiger partial charge on any atom is -0.454 e. The molecule has 0 radical (unpaired) electrons. The van der Waals surface area contributed by atoms with Crippen molar-refractivity contribution in [1.82, 2.24) is 20.2 Å². The van der Waals surface area contributed by atoms with E-state index in [1.54, 1.807) is 16.7 Å². The Labute approximate surface area is 194 Å². The molecule has 3 N–H and O–H groups in total. The number of nitrogens with zero attached hydrogens (tertiary/aromatic N) is 1. The minimum absolute atomic E-state index is 0.0280. The Morgan fingerprint density at radius 1 is 1.09 bits per heavy atom. The zero-order valence-electron chi connectivity index (χ0n) is 18.6. The number of carbonyl (C=O) groups excluding carboxylic acids is 2. The largest absolute Gasteiger partial charge is 0.454 e. The zero-order chi connectivity index (χ0) is 23.7. The van der Waals surface area contributed by atoms with Gasteiger partial charge in [-0.15, -0.1) is 0 Å². The SMILES string of the molecule is CCn1cc(C(=O)NCC(=O)NCCc2c[nH]c3ccccc23)c(=O)c2cc3c(cc21)OCO3. The molecule has 2 aromatic heterocycles. The van der Waals surface area contributed by atoms with Crippen LogP contribution in [0.3, 0.4) is 0 Å². The number of ether oxygens (including phenoxy) is 2. The topological polar surface area (TPSA) is 114 Å². The van der Waals surface area contributed by atoms with Crippen LogP contribution in [0.1, 0.15) is 22.8 Å². The monoisotopic (exact) mass is 460 g/mol. The second-order valence-electron chi connectivity index (χ2n) is 8.02. The summed E-state index contributed by atoms with van der Waals surface area (Å²) >= 11 is 0. The summed E-state index contributed by atoms with van der Waals surface area (Å²) in [5.74, 6) is 0.113. The lowest BCUT2D eigenvalue weighted by Gasteiger charge is -2.12. The molecule has 0 unspecified atom stereocenters. The van der Waals surface area contributed by atoms with Gasteiger partial charge in [0, 0.05) is 42.5 Å². The first-order valence-corrected chi connectivity index (χ1v) is 11.1. The van der Waals surface area contributed by atoms with Crippen LogP contribution < -0.4 is 25.5 Å². The van der Waals surface area contributed by atoms with Crippen molar-refractivity contribution in [1.29, 1.82) is 0 Å². The highest BCUT2D eigenvalue weighted by Crippen LogP contribution is 2.35. The maximum atomic E-state index is 13.0. The quantitative estimate of drug-likeness (QED) is 0.392. The van der Waals surface area contributed by atoms with Gasteiger partial charge in [-0.2, -0.15) is 0 Å². The van der Waals surface area contributed by atoms with Crippen LogP contribution in [0.25, 0.3) is 21.8 Å². The number of pyridine rings is 1. The van der Waals surface area contributed by atoms with Crippen LogP contribution >= 0.6 is 0 Å². The highest BCUT2D eigenvalue weighted by Gasteiger charge is 2.21. The fraction of sp³-hybridized carbons (Fsp3) is 0.240. The third-order valence-electron chi connectivity index (χ3n) is 5.96. The van der Waals surface area contributed by atoms with Crippen LogP contribution in [0.5, 0.6) is 11.5 Å². The molecule has 5 rings (SSSR count). The zero-order valence-corrected chi connectivity index (χ0v) is 18.6. The van der Waals surface area contributed by atoms with Crippen LogP contribution in [0.4, 0.5) is 0 Å². The number of benzene rings is 2. The van der Waals surface area contributed by atoms with Gasteiger partial charge in [0.1, 0.15) is 5.56 Å². The Kier molecular flexibility index (Phi) is 5.67. The Hall–Kier alpha value is -4.27. The second kappa shape index (κ2) is 8.93. The number of aryl methyl sites for hydroxylation is 1. The highest BCUT2D eigenvalue weighted by molar-refractivity contribution is 5.99. The number of amides is 2. The van der Waals surface area contributed by atoms with E-state index in [0.29, 0.717) is 41.9 Å². The number of nitrogens with one attached hydrogen (secondary N) is 3. The van der Waals surface area contributed by atoms with Gasteiger partial charge < -0.3 is 29.7 Å². The van der Waals surface area contributed by atoms with E-state index in [1.807, 2.05) is 37.4 Å². The molecule has 9 heteroatoms. The molecule has 2 amide bonds. The molecule has 0 saturated heterocycles. The van der Waals surface area contributed by atoms with Crippen molar-refractivity contribution >= 4 is 33.6 Å². The number of para-hydroxylation sites is 1. The summed E-state index contributed by atoms with van der Waals surface area (Å²) in [5.41, 5.74) is 2.36. The molecule has 174 valence electrons. The lowest BCUT2D eigenvalue weighted by atomic mass is 10.1. The fourth-order valence-corrected chi connectivity index (χ4v) is 4.20. The molecule has 34 heavy (non-hydrogen) atoms. The maximum Gasteiger partial charge on any atom is 0.257 e. The van der Waals surface area contributed by atoms with E-state index in [9.17, 15) is 14.4 Å². The van der Waals surface area contributed by atoms with Crippen molar-refractivity contribution in [2.75, 3.05) is 19.9 Å². The van der Waals surface area contributed by atoms with Gasteiger partial charge in [-0.25, -0.2) is 0 Å². The molecule has 9 nitrogen and oxygen atoms in total. The van der Waals surface area contributed by atoms with Crippen LogP contribution in [0, 0.1) is 0 Å². The molecule has 0 spiro atoms. The Morgan fingerprint density at radius 3 is 2.71 bits per heavy atom. The van der Waals surface area contributed by atoms with Crippen molar-refractivity contribution in [2.45, 2.75) is 19.9 Å². The van der Waals surface area contributed by atoms with Crippen molar-refractivity contribution in [3.05, 3.63) is 70.1 Å². The predicted molar refractivity (Wildman–Crippen MR) is 127 cm³/mol. The van der Waals surface area contributed by atoms with Crippen molar-refractivity contribution < 1.29 is 19.1 Å². The van der Waals surface area contributed by atoms with Gasteiger partial charge in [0.25, 0.3) is 5.91 Å². The molecule has 0 atom stereocenters. The van der Waals surface area contributed by atoms with Gasteiger partial charge in [-0.1, -0.05) is 18.2 Å². The summed E-state index contributed by atoms with van der Waals surface area (Å²) in [6.45, 7) is 2.76. The molecular formula is C25H24N4O5. The molecular weight excluding hydrogens is 436 g/mol. The first-order chi connectivity index (χ1) is 16.5. The number of hydrogen-bond acceptors (Lipinski definition) is 5. The summed E-state index contributed by atoms with van der Waals surface area (Å²) in [5, 5.41) is 6.85. The predicted octanol–water partition coefficient (Wildman–Crippen LogP) is 2.32. The third kappa shape index (κ3) is 3.96. The number of rotatable bonds is 7. The average Bonchev–Trinajstić information content (AvgIpc) is 3.48. The van der Waals surface area contributed by atoms with E-state index < -0.39 is 11.3 Å². The Balaban J connectivity index is 1.24. The second-order valence-corrected chi connectivity index (χ2v) is 8.02. The number of aromatic amines is 1. The average molecular weight is 460 g/mol. The summed E-state index contributed by atoms with van der Waals surface area (Å²) in [6, 6.07) is 11.3. The maximum absolute atomic E-state index is 13.0. The standard InChI is InChI=1S/C25H24N4O5/c1-2-29-13-18(24(31)17-9-21-22(10-20(17)29)34-14-33-21)25(32)28-12-23(30)26-8-7-15-11-27-19-6-4-3-5-16(15)19/h3-6,9-11,13,27H,2,7-8,12,14H2,1H3,(H,26,30)(H,28,32). The van der Waals surface area contributed by atoms with Gasteiger partial charge in [-0.05, 0) is 31.0 Å². The molecule has 2 aromatic carbocycles. The van der Waals surface area contributed by atoms with Crippen LogP contribution in [0.2, 0.25) is 0 Å². The molecule has 0 fully saturated rings. The van der Waals surface area contributed by atoms with Crippen LogP contribution in [-0.2, 0) is 17.8 Å². The number of H-pyrrole nitrogens is 1. The number of hydrogen-bond donors (Lipinski definition) is 3. The van der Waals surface area contributed by atoms with E-state index in [0.717, 1.165) is 16.5 Å². The molecule has 0 bridgehead atoms. The summed E-state index contributed by atoms with van der Waals surface area (Å²) < 4.78 is 12.6. The lowest BCUT2D eigenvalue weighted by Crippen LogP contribution is -2.39. The van der Waals surface area contributed by atoms with Gasteiger partial charge in [0.05, 0.1) is 17.4 Å². The molecule has 0 saturated carbocycles. The highest BCUT2D eigenvalue weighted by atomic mass is 16.7. The summed E-state index contributed by atoms with van der Waals surface area (Å²) in [6.07, 6.45) is 4.10. The molecule has 1 aliphatic rings. The van der Waals surface area contributed by atoms with Crippen molar-refractivity contribution in [2.24, 2.45) is 0 Å². The smallest absolute Gasteiger partial charge is 0.257 e. The van der Waals surface area contributed by atoms with E-state index in [1.165, 1.54) is 6.20 Å². The van der Waals surface area contributed by atoms with Crippen molar-refractivity contribution in [3.8, 4) is 11.5 Å². The number of carbonyl (C=O) groups is 2. The Morgan fingerprint density at radius 2 is 1.88 bits per heavy atom. The molecule has 0 aliphatic carbocycles. The molecule has 1 aliphatic heterocycles. The van der Waals surface area contributed by atoms with E-state index in [4.69, 9.17) is 9.47 Å². The fourth-order valence-electron chi connectivity index (χ4n) is 4.20. The van der Waals surface area contributed by atoms with Gasteiger partial charge >= 0.3 is 0 Å². The number of fused-ring (bicyclic) bond motifs is 3. The van der Waals surface area contributed by atoms with Crippen LogP contribution in [-0.4, -0.2) is 41.2 Å². The lowest BCUT2D eigenvalue weighted by molar-refractivity contribution is -0.120. The Bertz CT molecular complexity index is 1470. The van der Waals surface area contributed by atoms with Crippen LogP contribution in [0.15, 0.2) is 53.6 Å². The third-order valence-corrected chi connectivity index (χ3v) is 5.96. The number of aromatic nitrogens is 2. The molecule has 4 aromatic rings. The first-order valence-electron chi connectivity index (χ1n) is 11.1. The van der Waals surface area contributed by atoms with E-state index in [2.05, 4.69) is 15.6 Å². The first kappa shape index (κ1) is 21.6. The van der Waals surface area contributed by atoms with Gasteiger partial charge in [-0.3, -0.25) is 14.4 Å². The van der Waals surface area contributed by atoms with Crippen molar-refractivity contribution in [3.63, 3.8) is 0 Å². The summed E-state index contributed by atoms with van der Waals surface area (Å²) in [4.78, 5) is 41.3. The van der Waals surface area contributed by atoms with E-state index in [-0.39, 0.29) is 24.8 Å². The molecule has 3 heterocycles.